The quantitative estimate of drug-likeness (QED) is 0.336. The molecule has 0 N–H and O–H groups in total. The molecule has 1 heterocycles. The molecule has 1 aromatic carbocycles. The van der Waals surface area contributed by atoms with Gasteiger partial charge < -0.3 is 18.0 Å². The standard InChI is InChI=1S/C11H7ClO3.C4H12O3Si/c12-6-2-4-7-3-1-5-8-9(7)11(14)15-10(8)13;1-4-7-8(5-2)6-3/h1-5H,6H2;8H,4H2,1-3H3. The lowest BCUT2D eigenvalue weighted by molar-refractivity contribution is 0.0443. The van der Waals surface area contributed by atoms with Crippen molar-refractivity contribution in [3.8, 4) is 0 Å². The van der Waals surface area contributed by atoms with Crippen LogP contribution in [0.25, 0.3) is 6.08 Å². The summed E-state index contributed by atoms with van der Waals surface area (Å²) in [5.41, 5.74) is 1.30. The van der Waals surface area contributed by atoms with Crippen molar-refractivity contribution < 1.29 is 27.6 Å². The van der Waals surface area contributed by atoms with Gasteiger partial charge in [-0.1, -0.05) is 24.3 Å². The van der Waals surface area contributed by atoms with E-state index in [1.165, 1.54) is 0 Å². The van der Waals surface area contributed by atoms with Crippen LogP contribution in [0, 0.1) is 0 Å². The zero-order valence-electron chi connectivity index (χ0n) is 13.2. The SMILES string of the molecule is CCO[SiH](OC)OC.O=C1OC(=O)c2c(C=CCCl)cccc21. The largest absolute Gasteiger partial charge is 0.483 e. The monoisotopic (exact) mass is 358 g/mol. The highest BCUT2D eigenvalue weighted by atomic mass is 35.5. The second-order valence-electron chi connectivity index (χ2n) is 4.22. The van der Waals surface area contributed by atoms with E-state index in [-0.39, 0.29) is 0 Å². The van der Waals surface area contributed by atoms with E-state index in [1.807, 2.05) is 6.92 Å². The number of benzene rings is 1. The fourth-order valence-electron chi connectivity index (χ4n) is 1.84. The number of alkyl halides is 1. The molecule has 0 unspecified atom stereocenters. The Hall–Kier alpha value is -1.51. The van der Waals surface area contributed by atoms with Gasteiger partial charge in [0.15, 0.2) is 0 Å². The Labute approximate surface area is 141 Å². The van der Waals surface area contributed by atoms with Crippen molar-refractivity contribution in [2.45, 2.75) is 6.92 Å². The number of carbonyl (C=O) groups excluding carboxylic acids is 2. The lowest BCUT2D eigenvalue weighted by Crippen LogP contribution is -2.23. The van der Waals surface area contributed by atoms with Crippen LogP contribution in [0.3, 0.4) is 0 Å². The third-order valence-electron chi connectivity index (χ3n) is 2.78. The van der Waals surface area contributed by atoms with E-state index >= 15 is 0 Å². The van der Waals surface area contributed by atoms with Gasteiger partial charge in [-0.25, -0.2) is 9.59 Å². The predicted molar refractivity (Wildman–Crippen MR) is 88.7 cm³/mol. The van der Waals surface area contributed by atoms with Crippen LogP contribution < -0.4 is 0 Å². The van der Waals surface area contributed by atoms with Crippen LogP contribution in [0.2, 0.25) is 0 Å². The Morgan fingerprint density at radius 2 is 1.91 bits per heavy atom. The molecule has 0 aromatic heterocycles. The summed E-state index contributed by atoms with van der Waals surface area (Å²) in [6, 6.07) is 5.01. The van der Waals surface area contributed by atoms with E-state index in [0.29, 0.717) is 29.2 Å². The number of halogens is 1. The van der Waals surface area contributed by atoms with Gasteiger partial charge in [-0.3, -0.25) is 0 Å². The molecule has 126 valence electrons. The van der Waals surface area contributed by atoms with E-state index in [9.17, 15) is 9.59 Å². The molecule has 0 aliphatic carbocycles. The van der Waals surface area contributed by atoms with Gasteiger partial charge in [0.25, 0.3) is 0 Å². The molecule has 2 rings (SSSR count). The van der Waals surface area contributed by atoms with Gasteiger partial charge in [-0.2, -0.15) is 0 Å². The van der Waals surface area contributed by atoms with Crippen molar-refractivity contribution in [2.24, 2.45) is 0 Å². The Morgan fingerprint density at radius 1 is 1.22 bits per heavy atom. The van der Waals surface area contributed by atoms with Gasteiger partial charge >= 0.3 is 21.5 Å². The van der Waals surface area contributed by atoms with Gasteiger partial charge in [-0.05, 0) is 18.6 Å². The predicted octanol–water partition coefficient (Wildman–Crippen LogP) is 2.28. The first-order valence-corrected chi connectivity index (χ1v) is 8.83. The topological polar surface area (TPSA) is 71.1 Å². The highest BCUT2D eigenvalue weighted by Gasteiger charge is 2.31. The van der Waals surface area contributed by atoms with Crippen molar-refractivity contribution >= 4 is 39.1 Å². The average molecular weight is 359 g/mol. The Bertz CT molecular complexity index is 571. The van der Waals surface area contributed by atoms with Crippen LogP contribution in [0.5, 0.6) is 0 Å². The zero-order valence-corrected chi connectivity index (χ0v) is 15.1. The van der Waals surface area contributed by atoms with Crippen LogP contribution in [0.1, 0.15) is 33.2 Å². The molecule has 0 radical (unpaired) electrons. The summed E-state index contributed by atoms with van der Waals surface area (Å²) >= 11 is 5.50. The van der Waals surface area contributed by atoms with E-state index in [1.54, 1.807) is 44.6 Å². The fraction of sp³-hybridized carbons (Fsp3) is 0.333. The Morgan fingerprint density at radius 3 is 2.43 bits per heavy atom. The number of hydrogen-bond acceptors (Lipinski definition) is 6. The van der Waals surface area contributed by atoms with Crippen molar-refractivity contribution in [3.63, 3.8) is 0 Å². The molecular weight excluding hydrogens is 340 g/mol. The van der Waals surface area contributed by atoms with Crippen LogP contribution in [0.15, 0.2) is 24.3 Å². The molecule has 23 heavy (non-hydrogen) atoms. The van der Waals surface area contributed by atoms with Gasteiger partial charge in [0.2, 0.25) is 0 Å². The van der Waals surface area contributed by atoms with Crippen molar-refractivity contribution in [2.75, 3.05) is 26.7 Å². The molecule has 0 bridgehead atoms. The molecule has 0 saturated carbocycles. The Balaban J connectivity index is 0.000000284. The molecule has 8 heteroatoms. The van der Waals surface area contributed by atoms with E-state index < -0.39 is 21.5 Å². The molecule has 0 amide bonds. The molecule has 1 aliphatic heterocycles. The maximum absolute atomic E-state index is 11.3. The smallest absolute Gasteiger partial charge is 0.386 e. The van der Waals surface area contributed by atoms with Crippen molar-refractivity contribution in [1.29, 1.82) is 0 Å². The summed E-state index contributed by atoms with van der Waals surface area (Å²) in [6.07, 6.45) is 3.40. The molecule has 0 saturated heterocycles. The number of esters is 2. The molecule has 0 spiro atoms. The summed E-state index contributed by atoms with van der Waals surface area (Å²) in [5, 5.41) is 0. The molecule has 0 fully saturated rings. The van der Waals surface area contributed by atoms with Crippen LogP contribution >= 0.6 is 11.6 Å². The summed E-state index contributed by atoms with van der Waals surface area (Å²) in [5.74, 6) is -0.826. The first-order chi connectivity index (χ1) is 11.1. The minimum atomic E-state index is -1.69. The maximum atomic E-state index is 11.3. The normalized spacial score (nSPS) is 13.1. The van der Waals surface area contributed by atoms with E-state index in [4.69, 9.17) is 24.9 Å². The third kappa shape index (κ3) is 5.56. The molecule has 6 nitrogen and oxygen atoms in total. The fourth-order valence-corrected chi connectivity index (χ4v) is 2.66. The highest BCUT2D eigenvalue weighted by Crippen LogP contribution is 2.24. The van der Waals surface area contributed by atoms with Crippen LogP contribution in [-0.4, -0.2) is 48.2 Å². The number of allylic oxidation sites excluding steroid dienone is 1. The van der Waals surface area contributed by atoms with Gasteiger partial charge in [0.1, 0.15) is 0 Å². The summed E-state index contributed by atoms with van der Waals surface area (Å²) < 4.78 is 19.2. The first-order valence-electron chi connectivity index (χ1n) is 6.88. The summed E-state index contributed by atoms with van der Waals surface area (Å²) in [6.45, 7) is 2.58. The number of hydrogen-bond donors (Lipinski definition) is 0. The molecule has 1 aromatic rings. The van der Waals surface area contributed by atoms with Crippen molar-refractivity contribution in [3.05, 3.63) is 41.0 Å². The molecular formula is C15H19ClO6Si. The number of ether oxygens (including phenoxy) is 1. The third-order valence-corrected chi connectivity index (χ3v) is 4.33. The zero-order chi connectivity index (χ0) is 17.2. The minimum absolute atomic E-state index is 0.316. The van der Waals surface area contributed by atoms with Gasteiger partial charge in [-0.15, -0.1) is 11.6 Å². The van der Waals surface area contributed by atoms with Gasteiger partial charge in [0.05, 0.1) is 11.1 Å². The lowest BCUT2D eigenvalue weighted by Gasteiger charge is -2.08. The van der Waals surface area contributed by atoms with Gasteiger partial charge in [0, 0.05) is 26.7 Å². The van der Waals surface area contributed by atoms with Crippen LogP contribution in [0.4, 0.5) is 0 Å². The van der Waals surface area contributed by atoms with Crippen LogP contribution in [-0.2, 0) is 18.0 Å². The number of rotatable bonds is 6. The second-order valence-corrected chi connectivity index (χ2v) is 6.38. The van der Waals surface area contributed by atoms with E-state index in [0.717, 1.165) is 0 Å². The number of carbonyl (C=O) groups is 2. The summed E-state index contributed by atoms with van der Waals surface area (Å²) in [4.78, 5) is 22.6. The summed E-state index contributed by atoms with van der Waals surface area (Å²) in [7, 11) is 1.49. The van der Waals surface area contributed by atoms with Crippen molar-refractivity contribution in [1.82, 2.24) is 0 Å². The molecule has 1 aliphatic rings. The first kappa shape index (κ1) is 19.5. The van der Waals surface area contributed by atoms with E-state index in [2.05, 4.69) is 4.74 Å². The number of cyclic esters (lactones) is 2. The lowest BCUT2D eigenvalue weighted by atomic mass is 10.0. The second kappa shape index (κ2) is 10.3. The molecule has 0 atom stereocenters. The maximum Gasteiger partial charge on any atom is 0.483 e. The Kier molecular flexibility index (Phi) is 8.75. The number of fused-ring (bicyclic) bond motifs is 1. The highest BCUT2D eigenvalue weighted by molar-refractivity contribution is 6.36. The average Bonchev–Trinajstić information content (AvgIpc) is 2.86. The minimum Gasteiger partial charge on any atom is -0.386 e.